The Bertz CT molecular complexity index is 1390. The first kappa shape index (κ1) is 64.5. The van der Waals surface area contributed by atoms with Crippen LogP contribution in [-0.2, 0) is 4.79 Å². The van der Waals surface area contributed by atoms with Crippen molar-refractivity contribution in [3.8, 4) is 0 Å². The monoisotopic (exact) mass is 938 g/mol. The van der Waals surface area contributed by atoms with E-state index < -0.39 is 12.1 Å². The summed E-state index contributed by atoms with van der Waals surface area (Å²) in [6.07, 6.45) is 90.4. The molecule has 0 aliphatic heterocycles. The molecule has 0 aliphatic carbocycles. The Balaban J connectivity index is 3.71. The number of rotatable bonds is 50. The molecule has 0 aromatic rings. The van der Waals surface area contributed by atoms with E-state index in [9.17, 15) is 15.0 Å². The molecule has 0 spiro atoms. The Hall–Kier alpha value is -3.47. The Morgan fingerprint density at radius 3 is 1.03 bits per heavy atom. The second-order valence-electron chi connectivity index (χ2n) is 18.6. The van der Waals surface area contributed by atoms with Gasteiger partial charge in [-0.15, -0.1) is 0 Å². The Kier molecular flexibility index (Phi) is 54.9. The number of allylic oxidation sites excluding steroid dienone is 21. The molecule has 68 heavy (non-hydrogen) atoms. The Morgan fingerprint density at radius 2 is 0.662 bits per heavy atom. The van der Waals surface area contributed by atoms with E-state index in [0.717, 1.165) is 96.3 Å². The molecule has 0 radical (unpaired) electrons. The van der Waals surface area contributed by atoms with Crippen LogP contribution in [0.3, 0.4) is 0 Å². The fourth-order valence-corrected chi connectivity index (χ4v) is 7.81. The van der Waals surface area contributed by atoms with Crippen LogP contribution in [0.1, 0.15) is 245 Å². The average Bonchev–Trinajstić information content (AvgIpc) is 3.34. The summed E-state index contributed by atoms with van der Waals surface area (Å²) in [7, 11) is 0. The molecule has 0 saturated heterocycles. The molecule has 1 amide bonds. The fourth-order valence-electron chi connectivity index (χ4n) is 7.81. The Morgan fingerprint density at radius 1 is 0.368 bits per heavy atom. The van der Waals surface area contributed by atoms with Crippen LogP contribution in [0.25, 0.3) is 0 Å². The van der Waals surface area contributed by atoms with Crippen molar-refractivity contribution in [3.05, 3.63) is 134 Å². The zero-order valence-electron chi connectivity index (χ0n) is 44.3. The van der Waals surface area contributed by atoms with E-state index in [1.165, 1.54) is 128 Å². The van der Waals surface area contributed by atoms with Gasteiger partial charge in [-0.25, -0.2) is 0 Å². The molecule has 2 atom stereocenters. The van der Waals surface area contributed by atoms with Gasteiger partial charge in [0.2, 0.25) is 5.91 Å². The average molecular weight is 939 g/mol. The minimum atomic E-state index is -0.901. The summed E-state index contributed by atoms with van der Waals surface area (Å²) in [5, 5.41) is 23.1. The van der Waals surface area contributed by atoms with E-state index in [1.807, 2.05) is 6.08 Å². The molecule has 386 valence electrons. The van der Waals surface area contributed by atoms with Crippen molar-refractivity contribution in [1.82, 2.24) is 5.32 Å². The first-order valence-electron chi connectivity index (χ1n) is 28.4. The van der Waals surface area contributed by atoms with Crippen molar-refractivity contribution in [2.75, 3.05) is 6.61 Å². The first-order valence-corrected chi connectivity index (χ1v) is 28.4. The number of aliphatic hydroxyl groups is 2. The molecule has 0 aliphatic rings. The quantitative estimate of drug-likeness (QED) is 0.0420. The van der Waals surface area contributed by atoms with Crippen molar-refractivity contribution in [2.45, 2.75) is 257 Å². The SMILES string of the molecule is CC/C=C\C/C=C\C/C=C\C/C=C\C/C=C\C/C=C\C/C=C\C/C=C\CCCCC(=O)NC(CO)C(O)/C=C/CC/C=C/CC/C=C/CCCCCCCCCCCCCCCCCCCCC. The predicted molar refractivity (Wildman–Crippen MR) is 303 cm³/mol. The molecule has 0 aromatic carbocycles. The molecule has 4 heteroatoms. The summed E-state index contributed by atoms with van der Waals surface area (Å²) in [6.45, 7) is 4.17. The smallest absolute Gasteiger partial charge is 0.220 e. The predicted octanol–water partition coefficient (Wildman–Crippen LogP) is 19.0. The number of nitrogens with one attached hydrogen (secondary N) is 1. The number of hydrogen-bond acceptors (Lipinski definition) is 3. The molecule has 0 aromatic heterocycles. The molecule has 3 N–H and O–H groups in total. The van der Waals surface area contributed by atoms with Crippen molar-refractivity contribution in [1.29, 1.82) is 0 Å². The van der Waals surface area contributed by atoms with E-state index in [-0.39, 0.29) is 12.5 Å². The van der Waals surface area contributed by atoms with Crippen molar-refractivity contribution < 1.29 is 15.0 Å². The van der Waals surface area contributed by atoms with Gasteiger partial charge in [0.15, 0.2) is 0 Å². The standard InChI is InChI=1S/C64H107NO3/c1-3-5-7-9-11-13-15-17-19-21-23-25-27-29-31-32-34-35-37-39-41-43-45-47-49-51-53-55-57-59-63(67)62(61-66)65-64(68)60-58-56-54-52-50-48-46-44-42-40-38-36-33-30-28-26-24-22-20-18-16-14-12-10-8-6-4-2/h6,8,12,14,18,20,24,26,30,33,38,40-41,43-44,46,49-52,57,59,62-63,66-67H,3-5,7,9-11,13,15-17,19,21-23,25,27-29,31-32,34-37,39,42,45,47-48,53-56,58,60-61H2,1-2H3,(H,65,68)/b8-6-,14-12-,20-18-,26-24-,33-30-,40-38-,43-41+,46-44-,51-49+,52-50-,59-57+. The highest BCUT2D eigenvalue weighted by atomic mass is 16.3. The molecule has 4 nitrogen and oxygen atoms in total. The van der Waals surface area contributed by atoms with Gasteiger partial charge in [0.25, 0.3) is 0 Å². The highest BCUT2D eigenvalue weighted by Crippen LogP contribution is 2.15. The van der Waals surface area contributed by atoms with Gasteiger partial charge in [-0.2, -0.15) is 0 Å². The van der Waals surface area contributed by atoms with Gasteiger partial charge in [-0.3, -0.25) is 4.79 Å². The molecular weight excluding hydrogens is 831 g/mol. The molecule has 0 heterocycles. The normalized spacial score (nSPS) is 13.9. The molecule has 0 saturated carbocycles. The van der Waals surface area contributed by atoms with E-state index in [4.69, 9.17) is 0 Å². The van der Waals surface area contributed by atoms with Gasteiger partial charge >= 0.3 is 0 Å². The number of hydrogen-bond donors (Lipinski definition) is 3. The summed E-state index contributed by atoms with van der Waals surface area (Å²) in [5.74, 6) is -0.125. The summed E-state index contributed by atoms with van der Waals surface area (Å²) < 4.78 is 0. The van der Waals surface area contributed by atoms with Crippen LogP contribution in [0, 0.1) is 0 Å². The van der Waals surface area contributed by atoms with Gasteiger partial charge in [-0.05, 0) is 109 Å². The third-order valence-corrected chi connectivity index (χ3v) is 12.1. The van der Waals surface area contributed by atoms with Gasteiger partial charge in [-0.1, -0.05) is 263 Å². The highest BCUT2D eigenvalue weighted by Gasteiger charge is 2.17. The maximum absolute atomic E-state index is 12.5. The summed E-state index contributed by atoms with van der Waals surface area (Å²) in [6, 6.07) is -0.681. The van der Waals surface area contributed by atoms with Gasteiger partial charge < -0.3 is 15.5 Å². The van der Waals surface area contributed by atoms with E-state index in [2.05, 4.69) is 141 Å². The van der Waals surface area contributed by atoms with Crippen LogP contribution in [-0.4, -0.2) is 34.9 Å². The maximum atomic E-state index is 12.5. The second kappa shape index (κ2) is 57.8. The minimum Gasteiger partial charge on any atom is -0.394 e. The zero-order chi connectivity index (χ0) is 49.2. The zero-order valence-corrected chi connectivity index (χ0v) is 44.3. The van der Waals surface area contributed by atoms with E-state index >= 15 is 0 Å². The highest BCUT2D eigenvalue weighted by molar-refractivity contribution is 5.76. The molecule has 2 unspecified atom stereocenters. The van der Waals surface area contributed by atoms with Crippen molar-refractivity contribution in [3.63, 3.8) is 0 Å². The molecular formula is C64H107NO3. The lowest BCUT2D eigenvalue weighted by Crippen LogP contribution is -2.45. The second-order valence-corrected chi connectivity index (χ2v) is 18.6. The lowest BCUT2D eigenvalue weighted by atomic mass is 10.0. The fraction of sp³-hybridized carbons (Fsp3) is 0.641. The van der Waals surface area contributed by atoms with Gasteiger partial charge in [0.05, 0.1) is 18.8 Å². The minimum absolute atomic E-state index is 0.125. The topological polar surface area (TPSA) is 69.6 Å². The Labute approximate surface area is 421 Å². The lowest BCUT2D eigenvalue weighted by molar-refractivity contribution is -0.123. The maximum Gasteiger partial charge on any atom is 0.220 e. The van der Waals surface area contributed by atoms with Crippen LogP contribution in [0.4, 0.5) is 0 Å². The van der Waals surface area contributed by atoms with E-state index in [0.29, 0.717) is 6.42 Å². The summed E-state index contributed by atoms with van der Waals surface area (Å²) >= 11 is 0. The number of aliphatic hydroxyl groups excluding tert-OH is 2. The van der Waals surface area contributed by atoms with Crippen LogP contribution >= 0.6 is 0 Å². The third-order valence-electron chi connectivity index (χ3n) is 12.1. The van der Waals surface area contributed by atoms with Crippen LogP contribution < -0.4 is 5.32 Å². The van der Waals surface area contributed by atoms with Gasteiger partial charge in [0.1, 0.15) is 0 Å². The lowest BCUT2D eigenvalue weighted by Gasteiger charge is -2.19. The number of unbranched alkanes of at least 4 members (excludes halogenated alkanes) is 23. The number of carbonyl (C=O) groups excluding carboxylic acids is 1. The van der Waals surface area contributed by atoms with E-state index in [1.54, 1.807) is 6.08 Å². The molecule has 0 fully saturated rings. The van der Waals surface area contributed by atoms with Crippen molar-refractivity contribution in [2.24, 2.45) is 0 Å². The molecule has 0 rings (SSSR count). The van der Waals surface area contributed by atoms with Crippen molar-refractivity contribution >= 4 is 5.91 Å². The largest absolute Gasteiger partial charge is 0.394 e. The number of carbonyl (C=O) groups is 1. The van der Waals surface area contributed by atoms with Crippen LogP contribution in [0.15, 0.2) is 134 Å². The van der Waals surface area contributed by atoms with Crippen LogP contribution in [0.5, 0.6) is 0 Å². The summed E-state index contributed by atoms with van der Waals surface area (Å²) in [5.41, 5.74) is 0. The van der Waals surface area contributed by atoms with Gasteiger partial charge in [0, 0.05) is 6.42 Å². The molecule has 0 bridgehead atoms. The van der Waals surface area contributed by atoms with Crippen LogP contribution in [0.2, 0.25) is 0 Å². The first-order chi connectivity index (χ1) is 33.7. The number of amides is 1. The summed E-state index contributed by atoms with van der Waals surface area (Å²) in [4.78, 5) is 12.5. The third kappa shape index (κ3) is 53.5.